The predicted octanol–water partition coefficient (Wildman–Crippen LogP) is 1.58. The summed E-state index contributed by atoms with van der Waals surface area (Å²) in [4.78, 5) is 24.1. The van der Waals surface area contributed by atoms with Gasteiger partial charge < -0.3 is 9.47 Å². The molecule has 0 aromatic carbocycles. The minimum Gasteiger partial charge on any atom is -0.465 e. The number of hydrogen-bond donors (Lipinski definition) is 0. The summed E-state index contributed by atoms with van der Waals surface area (Å²) in [6, 6.07) is -0.123. The highest BCUT2D eigenvalue weighted by atomic mass is 16.6. The highest BCUT2D eigenvalue weighted by Gasteiger charge is 2.21. The van der Waals surface area contributed by atoms with Gasteiger partial charge in [-0.3, -0.25) is 9.69 Å². The van der Waals surface area contributed by atoms with Gasteiger partial charge in [-0.1, -0.05) is 12.7 Å². The third kappa shape index (κ3) is 5.38. The molecular weight excluding hydrogens is 210 g/mol. The van der Waals surface area contributed by atoms with Crippen LogP contribution in [0.4, 0.5) is 4.79 Å². The zero-order chi connectivity index (χ0) is 12.6. The van der Waals surface area contributed by atoms with Gasteiger partial charge >= 0.3 is 12.1 Å². The van der Waals surface area contributed by atoms with E-state index in [1.54, 1.807) is 20.8 Å². The predicted molar refractivity (Wildman–Crippen MR) is 60.0 cm³/mol. The Bertz CT molecular complexity index is 250. The Labute approximate surface area is 96.0 Å². The summed E-state index contributed by atoms with van der Waals surface area (Å²) in [7, 11) is 0. The number of esters is 1. The molecule has 0 aliphatic heterocycles. The lowest BCUT2D eigenvalue weighted by Gasteiger charge is -2.24. The summed E-state index contributed by atoms with van der Waals surface area (Å²) in [5.41, 5.74) is 0. The van der Waals surface area contributed by atoms with Crippen molar-refractivity contribution in [2.45, 2.75) is 26.8 Å². The number of ether oxygens (including phenoxy) is 2. The van der Waals surface area contributed by atoms with Crippen LogP contribution in [0.15, 0.2) is 12.7 Å². The van der Waals surface area contributed by atoms with Crippen LogP contribution < -0.4 is 0 Å². The molecule has 16 heavy (non-hydrogen) atoms. The molecule has 0 spiro atoms. The van der Waals surface area contributed by atoms with E-state index in [-0.39, 0.29) is 19.2 Å². The van der Waals surface area contributed by atoms with E-state index in [0.29, 0.717) is 6.61 Å². The maximum Gasteiger partial charge on any atom is 0.410 e. The second-order valence-electron chi connectivity index (χ2n) is 3.39. The maximum atomic E-state index is 11.5. The number of nitrogens with zero attached hydrogens (tertiary/aromatic N) is 1. The van der Waals surface area contributed by atoms with Gasteiger partial charge in [0.1, 0.15) is 13.2 Å². The van der Waals surface area contributed by atoms with Gasteiger partial charge in [0.15, 0.2) is 0 Å². The van der Waals surface area contributed by atoms with E-state index in [9.17, 15) is 9.59 Å². The van der Waals surface area contributed by atoms with Gasteiger partial charge in [0.2, 0.25) is 0 Å². The Hall–Kier alpha value is -1.52. The van der Waals surface area contributed by atoms with Crippen LogP contribution in [0.5, 0.6) is 0 Å². The lowest BCUT2D eigenvalue weighted by atomic mass is 10.3. The molecule has 0 N–H and O–H groups in total. The molecule has 0 atom stereocenters. The first-order valence-electron chi connectivity index (χ1n) is 5.22. The van der Waals surface area contributed by atoms with Crippen LogP contribution in [-0.4, -0.2) is 42.8 Å². The van der Waals surface area contributed by atoms with Gasteiger partial charge in [0, 0.05) is 6.04 Å². The molecule has 0 heterocycles. The molecule has 0 aliphatic rings. The van der Waals surface area contributed by atoms with Crippen molar-refractivity contribution in [2.75, 3.05) is 19.8 Å². The lowest BCUT2D eigenvalue weighted by Crippen LogP contribution is -2.41. The Kier molecular flexibility index (Phi) is 7.00. The summed E-state index contributed by atoms with van der Waals surface area (Å²) >= 11 is 0. The molecular formula is C11H19NO4. The minimum absolute atomic E-state index is 0.0958. The van der Waals surface area contributed by atoms with Crippen LogP contribution in [0.1, 0.15) is 20.8 Å². The highest BCUT2D eigenvalue weighted by Crippen LogP contribution is 2.02. The van der Waals surface area contributed by atoms with Crippen molar-refractivity contribution in [3.63, 3.8) is 0 Å². The third-order valence-corrected chi connectivity index (χ3v) is 1.79. The molecule has 0 bridgehead atoms. The van der Waals surface area contributed by atoms with Gasteiger partial charge in [-0.25, -0.2) is 4.79 Å². The quantitative estimate of drug-likeness (QED) is 0.512. The Morgan fingerprint density at radius 2 is 2.00 bits per heavy atom. The summed E-state index contributed by atoms with van der Waals surface area (Å²) in [5.74, 6) is -0.438. The summed E-state index contributed by atoms with van der Waals surface area (Å²) in [5, 5.41) is 0. The van der Waals surface area contributed by atoms with E-state index < -0.39 is 12.1 Å². The molecule has 0 fully saturated rings. The van der Waals surface area contributed by atoms with E-state index in [0.717, 1.165) is 0 Å². The Morgan fingerprint density at radius 1 is 1.38 bits per heavy atom. The van der Waals surface area contributed by atoms with Crippen LogP contribution in [0.2, 0.25) is 0 Å². The first-order valence-corrected chi connectivity index (χ1v) is 5.22. The normalized spacial score (nSPS) is 9.75. The molecule has 5 heteroatoms. The summed E-state index contributed by atoms with van der Waals surface area (Å²) in [6.07, 6.45) is 0.934. The Morgan fingerprint density at radius 3 is 2.44 bits per heavy atom. The highest BCUT2D eigenvalue weighted by molar-refractivity contribution is 5.78. The molecule has 0 aliphatic carbocycles. The van der Waals surface area contributed by atoms with Crippen molar-refractivity contribution in [3.8, 4) is 0 Å². The van der Waals surface area contributed by atoms with Gasteiger partial charge in [-0.15, -0.1) is 0 Å². The van der Waals surface area contributed by atoms with E-state index in [1.807, 2.05) is 0 Å². The van der Waals surface area contributed by atoms with Gasteiger partial charge in [0.05, 0.1) is 6.61 Å². The molecule has 0 unspecified atom stereocenters. The number of carbonyl (C=O) groups excluding carboxylic acids is 2. The smallest absolute Gasteiger partial charge is 0.410 e. The molecule has 0 aromatic rings. The van der Waals surface area contributed by atoms with Crippen LogP contribution in [0.3, 0.4) is 0 Å². The maximum absolute atomic E-state index is 11.5. The summed E-state index contributed by atoms with van der Waals surface area (Å²) < 4.78 is 9.62. The lowest BCUT2D eigenvalue weighted by molar-refractivity contribution is -0.144. The van der Waals surface area contributed by atoms with Gasteiger partial charge in [-0.2, -0.15) is 0 Å². The molecule has 92 valence electrons. The monoisotopic (exact) mass is 229 g/mol. The fraction of sp³-hybridized carbons (Fsp3) is 0.636. The van der Waals surface area contributed by atoms with Crippen molar-refractivity contribution >= 4 is 12.1 Å². The number of hydrogen-bond acceptors (Lipinski definition) is 4. The zero-order valence-corrected chi connectivity index (χ0v) is 10.1. The number of rotatable bonds is 6. The largest absolute Gasteiger partial charge is 0.465 e. The van der Waals surface area contributed by atoms with Gasteiger partial charge in [0.25, 0.3) is 0 Å². The van der Waals surface area contributed by atoms with E-state index in [1.165, 1.54) is 11.0 Å². The molecule has 0 rings (SSSR count). The fourth-order valence-corrected chi connectivity index (χ4v) is 1.02. The number of carbonyl (C=O) groups is 2. The summed E-state index contributed by atoms with van der Waals surface area (Å²) in [6.45, 7) is 9.09. The van der Waals surface area contributed by atoms with Crippen molar-refractivity contribution in [1.29, 1.82) is 0 Å². The van der Waals surface area contributed by atoms with Crippen LogP contribution in [0, 0.1) is 0 Å². The molecule has 0 saturated carbocycles. The van der Waals surface area contributed by atoms with Crippen LogP contribution in [0.25, 0.3) is 0 Å². The minimum atomic E-state index is -0.539. The molecule has 0 aromatic heterocycles. The van der Waals surface area contributed by atoms with Crippen molar-refractivity contribution in [3.05, 3.63) is 12.7 Å². The van der Waals surface area contributed by atoms with Crippen molar-refractivity contribution in [2.24, 2.45) is 0 Å². The van der Waals surface area contributed by atoms with E-state index >= 15 is 0 Å². The standard InChI is InChI=1S/C11H19NO4/c1-5-7-16-11(14)12(9(3)4)8-10(13)15-6-2/h5,9H,1,6-8H2,2-4H3. The average molecular weight is 229 g/mol. The third-order valence-electron chi connectivity index (χ3n) is 1.79. The molecule has 5 nitrogen and oxygen atoms in total. The SMILES string of the molecule is C=CCOC(=O)N(CC(=O)OCC)C(C)C. The van der Waals surface area contributed by atoms with Crippen LogP contribution in [-0.2, 0) is 14.3 Å². The first-order chi connectivity index (χ1) is 7.52. The molecule has 0 saturated heterocycles. The van der Waals surface area contributed by atoms with Crippen LogP contribution >= 0.6 is 0 Å². The topological polar surface area (TPSA) is 55.8 Å². The van der Waals surface area contributed by atoms with Crippen molar-refractivity contribution < 1.29 is 19.1 Å². The first kappa shape index (κ1) is 14.5. The number of amides is 1. The zero-order valence-electron chi connectivity index (χ0n) is 10.1. The average Bonchev–Trinajstić information content (AvgIpc) is 2.22. The van der Waals surface area contributed by atoms with E-state index in [2.05, 4.69) is 6.58 Å². The second-order valence-corrected chi connectivity index (χ2v) is 3.39. The van der Waals surface area contributed by atoms with Crippen molar-refractivity contribution in [1.82, 2.24) is 4.90 Å². The van der Waals surface area contributed by atoms with Gasteiger partial charge in [-0.05, 0) is 20.8 Å². The molecule has 0 radical (unpaired) electrons. The fourth-order valence-electron chi connectivity index (χ4n) is 1.02. The Balaban J connectivity index is 4.31. The van der Waals surface area contributed by atoms with E-state index in [4.69, 9.17) is 9.47 Å². The molecule has 1 amide bonds. The second kappa shape index (κ2) is 7.73.